The lowest BCUT2D eigenvalue weighted by Gasteiger charge is -2.39. The molecule has 122 valence electrons. The molecule has 1 amide bonds. The molecule has 0 saturated carbocycles. The molecule has 0 unspecified atom stereocenters. The maximum absolute atomic E-state index is 12.8. The highest BCUT2D eigenvalue weighted by Gasteiger charge is 2.37. The number of hydrogen-bond acceptors (Lipinski definition) is 4. The normalized spacial score (nSPS) is 17.4. The van der Waals surface area contributed by atoms with Crippen LogP contribution in [-0.2, 0) is 9.47 Å². The molecule has 1 heterocycles. The number of carbonyl (C=O) groups excluding carboxylic acids is 1. The molecular weight excluding hydrogens is 329 g/mol. The Bertz CT molecular complexity index is 551. The van der Waals surface area contributed by atoms with E-state index in [1.807, 2.05) is 0 Å². The van der Waals surface area contributed by atoms with E-state index >= 15 is 0 Å². The van der Waals surface area contributed by atoms with E-state index in [9.17, 15) is 4.79 Å². The molecule has 2 rings (SSSR count). The van der Waals surface area contributed by atoms with Crippen LogP contribution in [0.5, 0.6) is 5.75 Å². The van der Waals surface area contributed by atoms with Crippen molar-refractivity contribution in [3.63, 3.8) is 0 Å². The number of piperidine rings is 1. The number of nitrogens with zero attached hydrogens (tertiary/aromatic N) is 1. The zero-order valence-corrected chi connectivity index (χ0v) is 14.3. The van der Waals surface area contributed by atoms with Crippen molar-refractivity contribution in [1.82, 2.24) is 4.90 Å². The van der Waals surface area contributed by atoms with Crippen LogP contribution in [0.1, 0.15) is 23.2 Å². The van der Waals surface area contributed by atoms with Gasteiger partial charge in [0.25, 0.3) is 5.91 Å². The Hall–Kier alpha value is -1.01. The van der Waals surface area contributed by atoms with Crippen LogP contribution in [0.3, 0.4) is 0 Å². The van der Waals surface area contributed by atoms with Gasteiger partial charge in [0.1, 0.15) is 5.56 Å². The molecule has 0 N–H and O–H groups in total. The highest BCUT2D eigenvalue weighted by atomic mass is 35.5. The quantitative estimate of drug-likeness (QED) is 0.784. The molecule has 1 aliphatic rings. The van der Waals surface area contributed by atoms with Gasteiger partial charge in [-0.1, -0.05) is 23.2 Å². The number of amides is 1. The molecule has 0 spiro atoms. The van der Waals surface area contributed by atoms with Crippen molar-refractivity contribution >= 4 is 29.1 Å². The third-order valence-corrected chi connectivity index (χ3v) is 4.65. The summed E-state index contributed by atoms with van der Waals surface area (Å²) in [6.07, 6.45) is 1.18. The molecule has 0 aromatic heterocycles. The van der Waals surface area contributed by atoms with E-state index in [-0.39, 0.29) is 5.91 Å². The lowest BCUT2D eigenvalue weighted by atomic mass is 10.0. The number of likely N-dealkylation sites (tertiary alicyclic amines) is 1. The predicted molar refractivity (Wildman–Crippen MR) is 84.9 cm³/mol. The second-order valence-corrected chi connectivity index (χ2v) is 5.86. The molecule has 1 fully saturated rings. The third-order valence-electron chi connectivity index (χ3n) is 4.03. The Morgan fingerprint density at radius 1 is 1.09 bits per heavy atom. The number of halogens is 2. The highest BCUT2D eigenvalue weighted by Crippen LogP contribution is 2.36. The van der Waals surface area contributed by atoms with Crippen molar-refractivity contribution in [2.75, 3.05) is 34.4 Å². The fourth-order valence-corrected chi connectivity index (χ4v) is 3.10. The first-order valence-corrected chi connectivity index (χ1v) is 7.65. The van der Waals surface area contributed by atoms with Gasteiger partial charge in [-0.05, 0) is 12.1 Å². The lowest BCUT2D eigenvalue weighted by Crippen LogP contribution is -2.48. The average Bonchev–Trinajstić information content (AvgIpc) is 2.56. The molecule has 0 aliphatic carbocycles. The van der Waals surface area contributed by atoms with Crippen molar-refractivity contribution in [2.24, 2.45) is 0 Å². The van der Waals surface area contributed by atoms with E-state index < -0.39 is 5.79 Å². The van der Waals surface area contributed by atoms with Gasteiger partial charge < -0.3 is 19.1 Å². The Labute approximate surface area is 140 Å². The van der Waals surface area contributed by atoms with Gasteiger partial charge >= 0.3 is 0 Å². The van der Waals surface area contributed by atoms with Crippen LogP contribution >= 0.6 is 23.2 Å². The molecular formula is C15H19Cl2NO4. The average molecular weight is 348 g/mol. The minimum Gasteiger partial charge on any atom is -0.494 e. The number of methoxy groups -OCH3 is 3. The Morgan fingerprint density at radius 3 is 2.14 bits per heavy atom. The Kier molecular flexibility index (Phi) is 5.55. The number of ether oxygens (including phenoxy) is 3. The van der Waals surface area contributed by atoms with Crippen molar-refractivity contribution in [2.45, 2.75) is 18.6 Å². The first-order valence-electron chi connectivity index (χ1n) is 6.89. The Balaban J connectivity index is 2.22. The van der Waals surface area contributed by atoms with Crippen LogP contribution in [0.4, 0.5) is 0 Å². The molecule has 1 aliphatic heterocycles. The number of hydrogen-bond donors (Lipinski definition) is 0. The summed E-state index contributed by atoms with van der Waals surface area (Å²) in [5, 5.41) is 0.678. The van der Waals surface area contributed by atoms with Crippen LogP contribution in [0, 0.1) is 0 Å². The first kappa shape index (κ1) is 17.3. The van der Waals surface area contributed by atoms with E-state index in [0.29, 0.717) is 47.3 Å². The van der Waals surface area contributed by atoms with Crippen molar-refractivity contribution in [3.8, 4) is 5.75 Å². The molecule has 0 atom stereocenters. The zero-order chi connectivity index (χ0) is 16.3. The standard InChI is InChI=1S/C15H19Cl2NO4/c1-20-13-11(17)5-4-10(16)12(13)14(19)18-8-6-15(21-2,22-3)7-9-18/h4-5H,6-9H2,1-3H3. The van der Waals surface area contributed by atoms with E-state index in [0.717, 1.165) is 0 Å². The summed E-state index contributed by atoms with van der Waals surface area (Å²) in [5.74, 6) is -0.529. The van der Waals surface area contributed by atoms with Crippen LogP contribution in [-0.4, -0.2) is 51.0 Å². The van der Waals surface area contributed by atoms with Gasteiger partial charge in [-0.3, -0.25) is 4.79 Å². The summed E-state index contributed by atoms with van der Waals surface area (Å²) in [4.78, 5) is 14.5. The molecule has 1 aromatic carbocycles. The van der Waals surface area contributed by atoms with Crippen molar-refractivity contribution in [1.29, 1.82) is 0 Å². The van der Waals surface area contributed by atoms with Crippen LogP contribution < -0.4 is 4.74 Å². The van der Waals surface area contributed by atoms with E-state index in [1.165, 1.54) is 7.11 Å². The minimum absolute atomic E-state index is 0.204. The van der Waals surface area contributed by atoms with Crippen molar-refractivity contribution in [3.05, 3.63) is 27.7 Å². The molecule has 1 saturated heterocycles. The van der Waals surface area contributed by atoms with Crippen LogP contribution in [0.2, 0.25) is 10.0 Å². The summed E-state index contributed by atoms with van der Waals surface area (Å²) >= 11 is 12.2. The van der Waals surface area contributed by atoms with Gasteiger partial charge in [-0.15, -0.1) is 0 Å². The maximum atomic E-state index is 12.8. The van der Waals surface area contributed by atoms with Gasteiger partial charge in [0.05, 0.1) is 17.2 Å². The predicted octanol–water partition coefficient (Wildman–Crippen LogP) is 3.23. The number of benzene rings is 1. The molecule has 1 aromatic rings. The minimum atomic E-state index is -0.626. The number of carbonyl (C=O) groups is 1. The fraction of sp³-hybridized carbons (Fsp3) is 0.533. The molecule has 0 radical (unpaired) electrons. The zero-order valence-electron chi connectivity index (χ0n) is 12.8. The summed E-state index contributed by atoms with van der Waals surface area (Å²) < 4.78 is 16.1. The van der Waals surface area contributed by atoms with E-state index in [2.05, 4.69) is 0 Å². The van der Waals surface area contributed by atoms with Gasteiger partial charge in [-0.2, -0.15) is 0 Å². The smallest absolute Gasteiger partial charge is 0.259 e. The molecule has 0 bridgehead atoms. The summed E-state index contributed by atoms with van der Waals surface area (Å²) in [7, 11) is 4.68. The molecule has 5 nitrogen and oxygen atoms in total. The van der Waals surface area contributed by atoms with Crippen molar-refractivity contribution < 1.29 is 19.0 Å². The second-order valence-electron chi connectivity index (χ2n) is 5.05. The third kappa shape index (κ3) is 3.18. The van der Waals surface area contributed by atoms with Gasteiger partial charge in [0.15, 0.2) is 11.5 Å². The van der Waals surface area contributed by atoms with E-state index in [4.69, 9.17) is 37.4 Å². The lowest BCUT2D eigenvalue weighted by molar-refractivity contribution is -0.226. The molecule has 22 heavy (non-hydrogen) atoms. The fourth-order valence-electron chi connectivity index (χ4n) is 2.63. The van der Waals surface area contributed by atoms with Gasteiger partial charge in [-0.25, -0.2) is 0 Å². The number of rotatable bonds is 4. The highest BCUT2D eigenvalue weighted by molar-refractivity contribution is 6.37. The van der Waals surface area contributed by atoms with Crippen LogP contribution in [0.25, 0.3) is 0 Å². The Morgan fingerprint density at radius 2 is 1.64 bits per heavy atom. The topological polar surface area (TPSA) is 48.0 Å². The largest absolute Gasteiger partial charge is 0.494 e. The SMILES string of the molecule is COc1c(Cl)ccc(Cl)c1C(=O)N1CCC(OC)(OC)CC1. The summed E-state index contributed by atoms with van der Waals surface area (Å²) in [6.45, 7) is 1.01. The molecule has 7 heteroatoms. The summed E-state index contributed by atoms with van der Waals surface area (Å²) in [6, 6.07) is 3.20. The van der Waals surface area contributed by atoms with Crippen LogP contribution in [0.15, 0.2) is 12.1 Å². The van der Waals surface area contributed by atoms with E-state index in [1.54, 1.807) is 31.3 Å². The second kappa shape index (κ2) is 7.04. The van der Waals surface area contributed by atoms with Gasteiger partial charge in [0, 0.05) is 40.2 Å². The maximum Gasteiger partial charge on any atom is 0.259 e. The first-order chi connectivity index (χ1) is 10.5. The monoisotopic (exact) mass is 347 g/mol. The van der Waals surface area contributed by atoms with Gasteiger partial charge in [0.2, 0.25) is 0 Å². The summed E-state index contributed by atoms with van der Waals surface area (Å²) in [5.41, 5.74) is 0.291.